The van der Waals surface area contributed by atoms with Crippen molar-refractivity contribution in [3.8, 4) is 10.6 Å². The Labute approximate surface area is 128 Å². The molecule has 1 aliphatic rings. The number of nitrogens with one attached hydrogen (secondary N) is 1. The highest BCUT2D eigenvalue weighted by molar-refractivity contribution is 7.99. The summed E-state index contributed by atoms with van der Waals surface area (Å²) in [6.45, 7) is 1.03. The first-order chi connectivity index (χ1) is 9.92. The number of nitrogens with zero attached hydrogens (tertiary/aromatic N) is 2. The molecule has 2 aromatic heterocycles. The molecular formula is C15H19N3S2. The first kappa shape index (κ1) is 14.0. The van der Waals surface area contributed by atoms with Crippen molar-refractivity contribution in [2.45, 2.75) is 25.3 Å². The highest BCUT2D eigenvalue weighted by Gasteiger charge is 2.12. The van der Waals surface area contributed by atoms with Crippen molar-refractivity contribution in [3.63, 3.8) is 0 Å². The van der Waals surface area contributed by atoms with Gasteiger partial charge in [0.2, 0.25) is 0 Å². The second-order valence-electron chi connectivity index (χ2n) is 5.00. The van der Waals surface area contributed by atoms with Gasteiger partial charge < -0.3 is 5.32 Å². The van der Waals surface area contributed by atoms with Gasteiger partial charge in [0.15, 0.2) is 0 Å². The number of rotatable bonds is 5. The summed E-state index contributed by atoms with van der Waals surface area (Å²) in [5.74, 6) is 2.60. The molecule has 1 N–H and O–H groups in total. The fourth-order valence-corrected chi connectivity index (χ4v) is 4.32. The van der Waals surface area contributed by atoms with Crippen molar-refractivity contribution >= 4 is 23.1 Å². The maximum absolute atomic E-state index is 4.71. The van der Waals surface area contributed by atoms with Crippen LogP contribution in [0.3, 0.4) is 0 Å². The molecule has 0 amide bonds. The number of hydrogen-bond donors (Lipinski definition) is 1. The molecule has 0 saturated carbocycles. The lowest BCUT2D eigenvalue weighted by molar-refractivity contribution is 0.510. The van der Waals surface area contributed by atoms with Gasteiger partial charge in [-0.15, -0.1) is 11.3 Å². The molecule has 3 heterocycles. The topological polar surface area (TPSA) is 37.8 Å². The number of hydrogen-bond acceptors (Lipinski definition) is 5. The maximum Gasteiger partial charge on any atom is 0.123 e. The van der Waals surface area contributed by atoms with Gasteiger partial charge in [-0.25, -0.2) is 4.98 Å². The van der Waals surface area contributed by atoms with Gasteiger partial charge in [-0.3, -0.25) is 4.98 Å². The molecule has 0 radical (unpaired) electrons. The summed E-state index contributed by atoms with van der Waals surface area (Å²) < 4.78 is 0. The Bertz CT molecular complexity index is 521. The summed E-state index contributed by atoms with van der Waals surface area (Å²) >= 11 is 3.79. The molecule has 3 nitrogen and oxygen atoms in total. The van der Waals surface area contributed by atoms with E-state index < -0.39 is 0 Å². The quantitative estimate of drug-likeness (QED) is 0.920. The molecule has 0 spiro atoms. The second kappa shape index (κ2) is 7.20. The number of aromatic nitrogens is 2. The van der Waals surface area contributed by atoms with Gasteiger partial charge >= 0.3 is 0 Å². The molecule has 1 fully saturated rings. The normalized spacial score (nSPS) is 19.1. The monoisotopic (exact) mass is 305 g/mol. The number of thiazole rings is 1. The molecule has 2 aromatic rings. The van der Waals surface area contributed by atoms with Gasteiger partial charge in [0.1, 0.15) is 5.01 Å². The molecule has 0 aromatic carbocycles. The van der Waals surface area contributed by atoms with E-state index in [0.29, 0.717) is 6.04 Å². The second-order valence-corrected chi connectivity index (χ2v) is 7.01. The van der Waals surface area contributed by atoms with Crippen molar-refractivity contribution in [1.29, 1.82) is 0 Å². The van der Waals surface area contributed by atoms with Crippen LogP contribution in [0.4, 0.5) is 0 Å². The van der Waals surface area contributed by atoms with Crippen molar-refractivity contribution in [2.24, 2.45) is 0 Å². The Morgan fingerprint density at radius 3 is 3.00 bits per heavy atom. The van der Waals surface area contributed by atoms with Gasteiger partial charge in [-0.2, -0.15) is 11.8 Å². The summed E-state index contributed by atoms with van der Waals surface area (Å²) in [7, 11) is 0. The zero-order chi connectivity index (χ0) is 13.6. The van der Waals surface area contributed by atoms with Crippen molar-refractivity contribution in [3.05, 3.63) is 35.6 Å². The Hall–Kier alpha value is -0.910. The van der Waals surface area contributed by atoms with E-state index in [4.69, 9.17) is 4.98 Å². The minimum absolute atomic E-state index is 0.701. The fourth-order valence-electron chi connectivity index (χ4n) is 2.35. The third-order valence-electron chi connectivity index (χ3n) is 3.45. The predicted molar refractivity (Wildman–Crippen MR) is 87.4 cm³/mol. The van der Waals surface area contributed by atoms with Crippen molar-refractivity contribution in [2.75, 3.05) is 18.1 Å². The minimum atomic E-state index is 0.701. The van der Waals surface area contributed by atoms with Gasteiger partial charge in [0, 0.05) is 48.1 Å². The lowest BCUT2D eigenvalue weighted by Crippen LogP contribution is -2.35. The summed E-state index contributed by atoms with van der Waals surface area (Å²) in [5, 5.41) is 6.92. The highest BCUT2D eigenvalue weighted by atomic mass is 32.2. The molecule has 106 valence electrons. The van der Waals surface area contributed by atoms with Crippen LogP contribution in [-0.4, -0.2) is 34.1 Å². The molecule has 1 aliphatic heterocycles. The van der Waals surface area contributed by atoms with Gasteiger partial charge in [0.25, 0.3) is 0 Å². The molecule has 1 saturated heterocycles. The average molecular weight is 305 g/mol. The van der Waals surface area contributed by atoms with Crippen LogP contribution in [0.5, 0.6) is 0 Å². The standard InChI is InChI=1S/C15H19N3S2/c1-2-13(10-19-9-1)17-8-5-14-11-20-15(18-14)12-3-6-16-7-4-12/h3-4,6-7,11,13,17H,1-2,5,8-10H2/t13-/m0/s1. The lowest BCUT2D eigenvalue weighted by Gasteiger charge is -2.22. The Balaban J connectivity index is 1.50. The van der Waals surface area contributed by atoms with Crippen LogP contribution in [0.2, 0.25) is 0 Å². The average Bonchev–Trinajstić information content (AvgIpc) is 2.98. The lowest BCUT2D eigenvalue weighted by atomic mass is 10.2. The molecule has 20 heavy (non-hydrogen) atoms. The smallest absolute Gasteiger partial charge is 0.123 e. The zero-order valence-corrected chi connectivity index (χ0v) is 13.1. The van der Waals surface area contributed by atoms with Crippen LogP contribution >= 0.6 is 23.1 Å². The molecule has 0 unspecified atom stereocenters. The van der Waals surface area contributed by atoms with Crippen LogP contribution in [0.1, 0.15) is 18.5 Å². The van der Waals surface area contributed by atoms with E-state index in [1.807, 2.05) is 24.5 Å². The summed E-state index contributed by atoms with van der Waals surface area (Å²) in [5.41, 5.74) is 2.35. The third-order valence-corrected chi connectivity index (χ3v) is 5.61. The molecule has 0 bridgehead atoms. The van der Waals surface area contributed by atoms with E-state index in [2.05, 4.69) is 27.4 Å². The Morgan fingerprint density at radius 2 is 2.20 bits per heavy atom. The van der Waals surface area contributed by atoms with Crippen molar-refractivity contribution in [1.82, 2.24) is 15.3 Å². The first-order valence-electron chi connectivity index (χ1n) is 7.08. The number of pyridine rings is 1. The summed E-state index contributed by atoms with van der Waals surface area (Å²) in [6.07, 6.45) is 7.33. The van der Waals surface area contributed by atoms with E-state index in [0.717, 1.165) is 23.5 Å². The van der Waals surface area contributed by atoms with E-state index in [-0.39, 0.29) is 0 Å². The van der Waals surface area contributed by atoms with Crippen LogP contribution in [-0.2, 0) is 6.42 Å². The Morgan fingerprint density at radius 1 is 1.30 bits per heavy atom. The molecule has 5 heteroatoms. The number of thioether (sulfide) groups is 1. The Kier molecular flexibility index (Phi) is 5.06. The van der Waals surface area contributed by atoms with Gasteiger partial charge in [-0.1, -0.05) is 0 Å². The SMILES string of the molecule is c1cc(-c2nc(CCN[C@H]3CCCSC3)cs2)ccn1. The maximum atomic E-state index is 4.71. The van der Waals surface area contributed by atoms with Crippen LogP contribution < -0.4 is 5.32 Å². The molecule has 3 rings (SSSR count). The first-order valence-corrected chi connectivity index (χ1v) is 9.11. The van der Waals surface area contributed by atoms with Gasteiger partial charge in [0.05, 0.1) is 5.69 Å². The summed E-state index contributed by atoms with van der Waals surface area (Å²) in [4.78, 5) is 8.75. The fraction of sp³-hybridized carbons (Fsp3) is 0.467. The van der Waals surface area contributed by atoms with Gasteiger partial charge in [-0.05, 0) is 30.7 Å². The highest BCUT2D eigenvalue weighted by Crippen LogP contribution is 2.23. The van der Waals surface area contributed by atoms with Crippen molar-refractivity contribution < 1.29 is 0 Å². The third kappa shape index (κ3) is 3.81. The predicted octanol–water partition coefficient (Wildman–Crippen LogP) is 3.23. The molecule has 1 atom stereocenters. The van der Waals surface area contributed by atoms with Crippen LogP contribution in [0, 0.1) is 0 Å². The largest absolute Gasteiger partial charge is 0.313 e. The molecule has 0 aliphatic carbocycles. The van der Waals surface area contributed by atoms with E-state index in [1.54, 1.807) is 11.3 Å². The summed E-state index contributed by atoms with van der Waals surface area (Å²) in [6, 6.07) is 4.73. The van der Waals surface area contributed by atoms with E-state index in [1.165, 1.54) is 30.0 Å². The molecular weight excluding hydrogens is 286 g/mol. The van der Waals surface area contributed by atoms with E-state index in [9.17, 15) is 0 Å². The van der Waals surface area contributed by atoms with E-state index >= 15 is 0 Å². The van der Waals surface area contributed by atoms with Crippen LogP contribution in [0.25, 0.3) is 10.6 Å². The zero-order valence-electron chi connectivity index (χ0n) is 11.4. The minimum Gasteiger partial charge on any atom is -0.313 e. The van der Waals surface area contributed by atoms with Crippen LogP contribution in [0.15, 0.2) is 29.9 Å².